The summed E-state index contributed by atoms with van der Waals surface area (Å²) in [5, 5.41) is 5.92. The van der Waals surface area contributed by atoms with Crippen LogP contribution in [0.1, 0.15) is 44.7 Å². The summed E-state index contributed by atoms with van der Waals surface area (Å²) in [5.41, 5.74) is 4.42. The number of hydrogen-bond donors (Lipinski definition) is 2. The first-order valence-electron chi connectivity index (χ1n) is 10.9. The van der Waals surface area contributed by atoms with Gasteiger partial charge in [-0.05, 0) is 60.4 Å². The van der Waals surface area contributed by atoms with Gasteiger partial charge in [-0.1, -0.05) is 48.2 Å². The van der Waals surface area contributed by atoms with Crippen molar-refractivity contribution < 1.29 is 9.59 Å². The maximum absolute atomic E-state index is 12.5. The van der Waals surface area contributed by atoms with Gasteiger partial charge in [0.05, 0.1) is 10.2 Å². The number of nitrogens with zero attached hydrogens (tertiary/aromatic N) is 1. The Morgan fingerprint density at radius 1 is 0.879 bits per heavy atom. The van der Waals surface area contributed by atoms with Crippen LogP contribution in [0.4, 0.5) is 0 Å². The number of thioether (sulfide) groups is 1. The van der Waals surface area contributed by atoms with Crippen molar-refractivity contribution in [2.45, 2.75) is 35.5 Å². The number of carbonyl (C=O) groups excluding carboxylic acids is 2. The van der Waals surface area contributed by atoms with E-state index in [1.54, 1.807) is 35.2 Å². The zero-order valence-electron chi connectivity index (χ0n) is 17.9. The number of thiazole rings is 1. The highest BCUT2D eigenvalue weighted by Gasteiger charge is 2.23. The zero-order valence-corrected chi connectivity index (χ0v) is 19.5. The lowest BCUT2D eigenvalue weighted by Gasteiger charge is -2.08. The molecular formula is C26H23N3O2S2. The third kappa shape index (κ3) is 5.61. The predicted molar refractivity (Wildman–Crippen MR) is 134 cm³/mol. The second-order valence-corrected chi connectivity index (χ2v) is 10.3. The van der Waals surface area contributed by atoms with Gasteiger partial charge >= 0.3 is 0 Å². The topological polar surface area (TPSA) is 71.1 Å². The van der Waals surface area contributed by atoms with E-state index in [0.29, 0.717) is 23.7 Å². The Hall–Kier alpha value is -3.16. The monoisotopic (exact) mass is 473 g/mol. The Bertz CT molecular complexity index is 1250. The van der Waals surface area contributed by atoms with Crippen LogP contribution in [0.2, 0.25) is 0 Å². The van der Waals surface area contributed by atoms with E-state index in [1.165, 1.54) is 4.70 Å². The van der Waals surface area contributed by atoms with Crippen LogP contribution in [-0.2, 0) is 12.3 Å². The molecule has 2 amide bonds. The summed E-state index contributed by atoms with van der Waals surface area (Å²) in [4.78, 5) is 29.2. The summed E-state index contributed by atoms with van der Waals surface area (Å²) in [7, 11) is 0. The maximum atomic E-state index is 12.5. The van der Waals surface area contributed by atoms with Crippen LogP contribution in [0, 0.1) is 0 Å². The fraction of sp³-hybridized carbons (Fsp3) is 0.192. The number of nitrogens with one attached hydrogen (secondary N) is 2. The van der Waals surface area contributed by atoms with E-state index < -0.39 is 0 Å². The van der Waals surface area contributed by atoms with E-state index in [9.17, 15) is 9.59 Å². The first kappa shape index (κ1) is 21.7. The van der Waals surface area contributed by atoms with Crippen molar-refractivity contribution in [3.63, 3.8) is 0 Å². The maximum Gasteiger partial charge on any atom is 0.251 e. The zero-order chi connectivity index (χ0) is 22.6. The van der Waals surface area contributed by atoms with Gasteiger partial charge < -0.3 is 10.6 Å². The van der Waals surface area contributed by atoms with Gasteiger partial charge in [0, 0.05) is 29.5 Å². The first-order chi connectivity index (χ1) is 16.1. The van der Waals surface area contributed by atoms with Crippen molar-refractivity contribution in [3.8, 4) is 0 Å². The molecule has 0 aliphatic heterocycles. The van der Waals surface area contributed by atoms with E-state index in [1.807, 2.05) is 54.6 Å². The molecule has 0 atom stereocenters. The second kappa shape index (κ2) is 9.77. The van der Waals surface area contributed by atoms with Gasteiger partial charge in [-0.2, -0.15) is 0 Å². The summed E-state index contributed by atoms with van der Waals surface area (Å²) in [6.07, 6.45) is 2.14. The molecule has 1 aliphatic rings. The van der Waals surface area contributed by atoms with Crippen LogP contribution < -0.4 is 10.6 Å². The third-order valence-electron chi connectivity index (χ3n) is 5.43. The quantitative estimate of drug-likeness (QED) is 0.336. The summed E-state index contributed by atoms with van der Waals surface area (Å²) >= 11 is 3.41. The molecule has 1 saturated carbocycles. The molecule has 3 aromatic carbocycles. The van der Waals surface area contributed by atoms with Crippen LogP contribution in [0.5, 0.6) is 0 Å². The lowest BCUT2D eigenvalue weighted by molar-refractivity contribution is 0.0941. The number of benzene rings is 3. The number of fused-ring (bicyclic) bond motifs is 1. The summed E-state index contributed by atoms with van der Waals surface area (Å²) < 4.78 is 2.25. The van der Waals surface area contributed by atoms with Gasteiger partial charge in [0.25, 0.3) is 11.8 Å². The Morgan fingerprint density at radius 2 is 1.55 bits per heavy atom. The number of amides is 2. The number of hydrogen-bond acceptors (Lipinski definition) is 5. The minimum absolute atomic E-state index is 0.0329. The molecule has 1 heterocycles. The molecule has 0 unspecified atom stereocenters. The molecule has 1 aromatic heterocycles. The molecule has 5 nitrogen and oxygen atoms in total. The first-order valence-corrected chi connectivity index (χ1v) is 12.7. The average molecular weight is 474 g/mol. The van der Waals surface area contributed by atoms with Crippen molar-refractivity contribution in [2.75, 3.05) is 0 Å². The minimum atomic E-state index is -0.115. The lowest BCUT2D eigenvalue weighted by Crippen LogP contribution is -2.25. The molecule has 33 heavy (non-hydrogen) atoms. The lowest BCUT2D eigenvalue weighted by atomic mass is 10.1. The Morgan fingerprint density at radius 3 is 2.24 bits per heavy atom. The molecule has 4 aromatic rings. The van der Waals surface area contributed by atoms with E-state index in [4.69, 9.17) is 0 Å². The summed E-state index contributed by atoms with van der Waals surface area (Å²) in [5.74, 6) is 0.660. The smallest absolute Gasteiger partial charge is 0.251 e. The van der Waals surface area contributed by atoms with Gasteiger partial charge in [0.2, 0.25) is 0 Å². The van der Waals surface area contributed by atoms with Gasteiger partial charge in [0.1, 0.15) is 0 Å². The number of aromatic nitrogens is 1. The molecule has 7 heteroatoms. The standard InChI is InChI=1S/C26H23N3O2S2/c30-24(27-15-17-5-9-20(10-6-17)25(31)28-21-13-14-21)19-11-7-18(8-12-19)16-32-26-29-22-3-1-2-4-23(22)33-26/h1-12,21H,13-16H2,(H,27,30)(H,28,31). The fourth-order valence-corrected chi connectivity index (χ4v) is 5.39. The van der Waals surface area contributed by atoms with Crippen molar-refractivity contribution in [1.29, 1.82) is 0 Å². The molecule has 2 N–H and O–H groups in total. The fourth-order valence-electron chi connectivity index (χ4n) is 3.36. The molecule has 0 saturated heterocycles. The van der Waals surface area contributed by atoms with Gasteiger partial charge in [-0.3, -0.25) is 9.59 Å². The highest BCUT2D eigenvalue weighted by atomic mass is 32.2. The normalized spacial score (nSPS) is 13.1. The van der Waals surface area contributed by atoms with E-state index in [2.05, 4.69) is 21.7 Å². The van der Waals surface area contributed by atoms with Crippen LogP contribution in [0.3, 0.4) is 0 Å². The third-order valence-corrected chi connectivity index (χ3v) is 7.68. The summed E-state index contributed by atoms with van der Waals surface area (Å²) in [6.45, 7) is 0.415. The van der Waals surface area contributed by atoms with E-state index in [-0.39, 0.29) is 11.8 Å². The van der Waals surface area contributed by atoms with Crippen LogP contribution >= 0.6 is 23.1 Å². The largest absolute Gasteiger partial charge is 0.349 e. The molecule has 166 valence electrons. The predicted octanol–water partition coefficient (Wildman–Crippen LogP) is 5.41. The molecular weight excluding hydrogens is 450 g/mol. The Balaban J connectivity index is 1.11. The SMILES string of the molecule is O=C(NCc1ccc(C(=O)NC2CC2)cc1)c1ccc(CSc2nc3ccccc3s2)cc1. The van der Waals surface area contributed by atoms with Crippen LogP contribution in [-0.4, -0.2) is 22.8 Å². The molecule has 1 fully saturated rings. The molecule has 0 bridgehead atoms. The molecule has 1 aliphatic carbocycles. The van der Waals surface area contributed by atoms with E-state index >= 15 is 0 Å². The molecule has 0 spiro atoms. The highest BCUT2D eigenvalue weighted by molar-refractivity contribution is 8.00. The number of rotatable bonds is 8. The summed E-state index contributed by atoms with van der Waals surface area (Å²) in [6, 6.07) is 23.5. The van der Waals surface area contributed by atoms with Gasteiger partial charge in [-0.15, -0.1) is 11.3 Å². The van der Waals surface area contributed by atoms with Crippen molar-refractivity contribution in [1.82, 2.24) is 15.6 Å². The average Bonchev–Trinajstić information content (AvgIpc) is 3.57. The molecule has 0 radical (unpaired) electrons. The Kier molecular flexibility index (Phi) is 6.41. The minimum Gasteiger partial charge on any atom is -0.349 e. The van der Waals surface area contributed by atoms with Crippen LogP contribution in [0.25, 0.3) is 10.2 Å². The van der Waals surface area contributed by atoms with Gasteiger partial charge in [-0.25, -0.2) is 4.98 Å². The van der Waals surface area contributed by atoms with Crippen molar-refractivity contribution in [3.05, 3.63) is 95.1 Å². The second-order valence-electron chi connectivity index (χ2n) is 8.06. The van der Waals surface area contributed by atoms with E-state index in [0.717, 1.165) is 39.6 Å². The van der Waals surface area contributed by atoms with Crippen molar-refractivity contribution >= 4 is 45.1 Å². The number of carbonyl (C=O) groups is 2. The molecule has 5 rings (SSSR count). The number of para-hydroxylation sites is 1. The van der Waals surface area contributed by atoms with Gasteiger partial charge in [0.15, 0.2) is 4.34 Å². The Labute approximate surface area is 200 Å². The van der Waals surface area contributed by atoms with Crippen LogP contribution in [0.15, 0.2) is 77.1 Å². The van der Waals surface area contributed by atoms with Crippen molar-refractivity contribution in [2.24, 2.45) is 0 Å². The highest BCUT2D eigenvalue weighted by Crippen LogP contribution is 2.31.